The number of aromatic nitrogens is 1. The number of benzene rings is 1. The molecule has 0 saturated carbocycles. The Morgan fingerprint density at radius 1 is 1.16 bits per heavy atom. The molecule has 3 aliphatic rings. The van der Waals surface area contributed by atoms with E-state index in [1.165, 1.54) is 52.9 Å². The van der Waals surface area contributed by atoms with Crippen molar-refractivity contribution in [1.29, 1.82) is 0 Å². The van der Waals surface area contributed by atoms with Crippen LogP contribution >= 0.6 is 23.5 Å². The van der Waals surface area contributed by atoms with E-state index in [2.05, 4.69) is 66.3 Å². The third-order valence-electron chi connectivity index (χ3n) is 6.57. The summed E-state index contributed by atoms with van der Waals surface area (Å²) in [4.78, 5) is 0. The van der Waals surface area contributed by atoms with Gasteiger partial charge < -0.3 is 9.67 Å². The predicted molar refractivity (Wildman–Crippen MR) is 109 cm³/mol. The fraction of sp³-hybridized carbons (Fsp3) is 0.524. The topological polar surface area (TPSA) is 25.2 Å². The smallest absolute Gasteiger partial charge is 0.0795 e. The third-order valence-corrected chi connectivity index (χ3v) is 9.97. The Hall–Kier alpha value is -0.840. The lowest BCUT2D eigenvalue weighted by Gasteiger charge is -2.45. The number of aliphatic hydroxyl groups excluding tert-OH is 1. The van der Waals surface area contributed by atoms with E-state index in [9.17, 15) is 5.11 Å². The SMILES string of the molecule is Cn1c2c(c3cc(CO)ccc31)CCC1=CC3(CCC12C)SCCS3. The van der Waals surface area contributed by atoms with E-state index in [0.717, 1.165) is 12.0 Å². The molecular weight excluding hydrogens is 346 g/mol. The van der Waals surface area contributed by atoms with Crippen LogP contribution in [0.4, 0.5) is 0 Å². The minimum absolute atomic E-state index is 0.124. The summed E-state index contributed by atoms with van der Waals surface area (Å²) in [7, 11) is 2.23. The quantitative estimate of drug-likeness (QED) is 0.731. The van der Waals surface area contributed by atoms with Gasteiger partial charge in [0.15, 0.2) is 0 Å². The van der Waals surface area contributed by atoms with Gasteiger partial charge in [0, 0.05) is 40.6 Å². The molecule has 132 valence electrons. The molecule has 2 aromatic rings. The van der Waals surface area contributed by atoms with Gasteiger partial charge in [-0.2, -0.15) is 0 Å². The normalized spacial score (nSPS) is 27.4. The number of hydrogen-bond acceptors (Lipinski definition) is 3. The summed E-state index contributed by atoms with van der Waals surface area (Å²) in [5, 5.41) is 10.9. The number of allylic oxidation sites excluding steroid dienone is 1. The molecule has 1 aromatic carbocycles. The minimum atomic E-state index is 0.124. The van der Waals surface area contributed by atoms with Crippen LogP contribution in [-0.2, 0) is 25.5 Å². The summed E-state index contributed by atoms with van der Waals surface area (Å²) in [5.74, 6) is 2.60. The van der Waals surface area contributed by atoms with Crippen molar-refractivity contribution in [3.63, 3.8) is 0 Å². The second kappa shape index (κ2) is 5.58. The highest BCUT2D eigenvalue weighted by Crippen LogP contribution is 2.58. The molecule has 4 heteroatoms. The highest BCUT2D eigenvalue weighted by Gasteiger charge is 2.47. The van der Waals surface area contributed by atoms with Crippen molar-refractivity contribution < 1.29 is 5.11 Å². The monoisotopic (exact) mass is 371 g/mol. The summed E-state index contributed by atoms with van der Waals surface area (Å²) in [6.45, 7) is 2.60. The first-order valence-corrected chi connectivity index (χ1v) is 11.3. The molecule has 5 rings (SSSR count). The van der Waals surface area contributed by atoms with Crippen LogP contribution in [0.5, 0.6) is 0 Å². The largest absolute Gasteiger partial charge is 0.392 e. The Kier molecular flexibility index (Phi) is 3.65. The Bertz CT molecular complexity index is 891. The van der Waals surface area contributed by atoms with Crippen LogP contribution in [0.3, 0.4) is 0 Å². The molecule has 1 spiro atoms. The van der Waals surface area contributed by atoms with Crippen molar-refractivity contribution in [3.8, 4) is 0 Å². The van der Waals surface area contributed by atoms with Crippen molar-refractivity contribution >= 4 is 34.4 Å². The van der Waals surface area contributed by atoms with Gasteiger partial charge in [0.05, 0.1) is 10.7 Å². The van der Waals surface area contributed by atoms with Gasteiger partial charge in [0.2, 0.25) is 0 Å². The highest BCUT2D eigenvalue weighted by atomic mass is 32.2. The number of aryl methyl sites for hydroxylation is 2. The van der Waals surface area contributed by atoms with E-state index in [1.807, 2.05) is 0 Å². The summed E-state index contributed by atoms with van der Waals surface area (Å²) in [6.07, 6.45) is 7.51. The molecule has 2 heterocycles. The van der Waals surface area contributed by atoms with Gasteiger partial charge in [-0.3, -0.25) is 0 Å². The molecule has 2 nitrogen and oxygen atoms in total. The molecule has 25 heavy (non-hydrogen) atoms. The molecule has 1 N–H and O–H groups in total. The lowest BCUT2D eigenvalue weighted by molar-refractivity contribution is 0.282. The van der Waals surface area contributed by atoms with Crippen LogP contribution in [0, 0.1) is 0 Å². The lowest BCUT2D eigenvalue weighted by Crippen LogP contribution is -2.38. The highest BCUT2D eigenvalue weighted by molar-refractivity contribution is 8.21. The van der Waals surface area contributed by atoms with Crippen LogP contribution in [0.15, 0.2) is 29.8 Å². The van der Waals surface area contributed by atoms with Crippen molar-refractivity contribution in [2.75, 3.05) is 11.5 Å². The zero-order chi connectivity index (χ0) is 17.2. The number of aliphatic hydroxyl groups is 1. The van der Waals surface area contributed by atoms with E-state index >= 15 is 0 Å². The minimum Gasteiger partial charge on any atom is -0.392 e. The Balaban J connectivity index is 1.70. The molecule has 1 saturated heterocycles. The van der Waals surface area contributed by atoms with Crippen LogP contribution in [-0.4, -0.2) is 25.3 Å². The molecule has 0 bridgehead atoms. The summed E-state index contributed by atoms with van der Waals surface area (Å²) in [5.41, 5.74) is 7.23. The second-order valence-corrected chi connectivity index (χ2v) is 11.0. The molecule has 1 aliphatic heterocycles. The van der Waals surface area contributed by atoms with Gasteiger partial charge in [0.1, 0.15) is 0 Å². The average Bonchev–Trinajstić information content (AvgIpc) is 3.19. The molecule has 0 amide bonds. The zero-order valence-electron chi connectivity index (χ0n) is 15.0. The maximum Gasteiger partial charge on any atom is 0.0795 e. The van der Waals surface area contributed by atoms with E-state index in [0.29, 0.717) is 4.08 Å². The van der Waals surface area contributed by atoms with Gasteiger partial charge >= 0.3 is 0 Å². The fourth-order valence-corrected chi connectivity index (χ4v) is 8.42. The number of thioether (sulfide) groups is 2. The Morgan fingerprint density at radius 3 is 2.72 bits per heavy atom. The van der Waals surface area contributed by atoms with Crippen molar-refractivity contribution in [2.24, 2.45) is 7.05 Å². The molecule has 1 unspecified atom stereocenters. The summed E-state index contributed by atoms with van der Waals surface area (Å²) in [6, 6.07) is 6.46. The van der Waals surface area contributed by atoms with Crippen LogP contribution in [0.2, 0.25) is 0 Å². The standard InChI is InChI=1S/C21H25NOS2/c1-20-7-8-21(24-9-10-25-21)12-15(20)4-5-16-17-11-14(13-23)3-6-18(17)22(2)19(16)20/h3,6,11-12,23H,4-5,7-10,13H2,1-2H3. The Morgan fingerprint density at radius 2 is 1.96 bits per heavy atom. The maximum absolute atomic E-state index is 9.54. The van der Waals surface area contributed by atoms with Crippen molar-refractivity contribution in [2.45, 2.75) is 48.7 Å². The molecule has 1 fully saturated rings. The van der Waals surface area contributed by atoms with E-state index in [1.54, 1.807) is 5.57 Å². The van der Waals surface area contributed by atoms with Crippen molar-refractivity contribution in [1.82, 2.24) is 4.57 Å². The summed E-state index contributed by atoms with van der Waals surface area (Å²) < 4.78 is 2.80. The number of fused-ring (bicyclic) bond motifs is 5. The van der Waals surface area contributed by atoms with E-state index < -0.39 is 0 Å². The molecular formula is C21H25NOS2. The fourth-order valence-electron chi connectivity index (χ4n) is 5.28. The van der Waals surface area contributed by atoms with Gasteiger partial charge in [-0.25, -0.2) is 0 Å². The first-order chi connectivity index (χ1) is 12.1. The van der Waals surface area contributed by atoms with Crippen LogP contribution in [0.1, 0.15) is 43.0 Å². The van der Waals surface area contributed by atoms with E-state index in [-0.39, 0.29) is 12.0 Å². The summed E-state index contributed by atoms with van der Waals surface area (Å²) >= 11 is 4.34. The number of rotatable bonds is 1. The molecule has 2 aliphatic carbocycles. The predicted octanol–water partition coefficient (Wildman–Crippen LogP) is 4.77. The third kappa shape index (κ3) is 2.23. The maximum atomic E-state index is 9.54. The first kappa shape index (κ1) is 16.3. The number of hydrogen-bond donors (Lipinski definition) is 1. The van der Waals surface area contributed by atoms with Crippen LogP contribution < -0.4 is 0 Å². The van der Waals surface area contributed by atoms with Gasteiger partial charge in [-0.1, -0.05) is 24.6 Å². The van der Waals surface area contributed by atoms with Gasteiger partial charge in [-0.15, -0.1) is 23.5 Å². The van der Waals surface area contributed by atoms with E-state index in [4.69, 9.17) is 0 Å². The van der Waals surface area contributed by atoms with Crippen LogP contribution in [0.25, 0.3) is 10.9 Å². The molecule has 1 aromatic heterocycles. The number of nitrogens with zero attached hydrogens (tertiary/aromatic N) is 1. The second-order valence-electron chi connectivity index (χ2n) is 7.91. The Labute approximate surface area is 158 Å². The molecule has 0 radical (unpaired) electrons. The molecule has 1 atom stereocenters. The average molecular weight is 372 g/mol. The van der Waals surface area contributed by atoms with Gasteiger partial charge in [0.25, 0.3) is 0 Å². The first-order valence-electron chi connectivity index (χ1n) is 9.28. The van der Waals surface area contributed by atoms with Gasteiger partial charge in [-0.05, 0) is 48.9 Å². The van der Waals surface area contributed by atoms with Crippen molar-refractivity contribution in [3.05, 3.63) is 46.7 Å². The zero-order valence-corrected chi connectivity index (χ0v) is 16.6. The lowest BCUT2D eigenvalue weighted by atomic mass is 9.65.